The normalized spacial score (nSPS) is 18.1. The molecule has 1 saturated carbocycles. The Labute approximate surface area is 156 Å². The van der Waals surface area contributed by atoms with Gasteiger partial charge < -0.3 is 9.80 Å². The summed E-state index contributed by atoms with van der Waals surface area (Å²) in [5.74, 6) is 2.23. The summed E-state index contributed by atoms with van der Waals surface area (Å²) in [6.45, 7) is 4.88. The van der Waals surface area contributed by atoms with Gasteiger partial charge in [-0.2, -0.15) is 9.61 Å². The second-order valence-corrected chi connectivity index (χ2v) is 7.32. The molecule has 140 valence electrons. The van der Waals surface area contributed by atoms with Crippen LogP contribution >= 0.6 is 0 Å². The maximum atomic E-state index is 12.8. The van der Waals surface area contributed by atoms with Crippen molar-refractivity contribution in [2.45, 2.75) is 32.1 Å². The maximum absolute atomic E-state index is 12.8. The summed E-state index contributed by atoms with van der Waals surface area (Å²) in [5.41, 5.74) is 2.37. The van der Waals surface area contributed by atoms with E-state index in [0.29, 0.717) is 18.2 Å². The van der Waals surface area contributed by atoms with Gasteiger partial charge in [0.2, 0.25) is 0 Å². The van der Waals surface area contributed by atoms with Crippen molar-refractivity contribution in [1.82, 2.24) is 34.9 Å². The van der Waals surface area contributed by atoms with Crippen molar-refractivity contribution in [2.24, 2.45) is 0 Å². The Morgan fingerprint density at radius 2 is 2.04 bits per heavy atom. The summed E-state index contributed by atoms with van der Waals surface area (Å²) in [6.07, 6.45) is 3.28. The molecule has 3 aromatic heterocycles. The van der Waals surface area contributed by atoms with E-state index in [0.717, 1.165) is 49.0 Å². The first-order valence-electron chi connectivity index (χ1n) is 9.47. The third kappa shape index (κ3) is 3.02. The molecule has 0 atom stereocenters. The third-order valence-electron chi connectivity index (χ3n) is 5.35. The van der Waals surface area contributed by atoms with Crippen LogP contribution in [0.2, 0.25) is 0 Å². The van der Waals surface area contributed by atoms with Crippen molar-refractivity contribution in [3.05, 3.63) is 35.4 Å². The van der Waals surface area contributed by atoms with Crippen LogP contribution in [0, 0.1) is 6.92 Å². The Morgan fingerprint density at radius 3 is 2.89 bits per heavy atom. The van der Waals surface area contributed by atoms with Crippen molar-refractivity contribution in [3.8, 4) is 0 Å². The summed E-state index contributed by atoms with van der Waals surface area (Å²) >= 11 is 0. The average Bonchev–Trinajstić information content (AvgIpc) is 3.38. The highest BCUT2D eigenvalue weighted by Gasteiger charge is 2.28. The Bertz CT molecular complexity index is 988. The van der Waals surface area contributed by atoms with Gasteiger partial charge in [0.05, 0.1) is 0 Å². The molecule has 9 heteroatoms. The lowest BCUT2D eigenvalue weighted by atomic mass is 10.2. The van der Waals surface area contributed by atoms with Gasteiger partial charge >= 0.3 is 0 Å². The topological polar surface area (TPSA) is 95.3 Å². The van der Waals surface area contributed by atoms with Gasteiger partial charge in [0, 0.05) is 37.8 Å². The molecule has 1 N–H and O–H groups in total. The van der Waals surface area contributed by atoms with E-state index in [1.165, 1.54) is 12.8 Å². The largest absolute Gasteiger partial charge is 0.353 e. The molecule has 4 heterocycles. The molecule has 27 heavy (non-hydrogen) atoms. The highest BCUT2D eigenvalue weighted by Crippen LogP contribution is 2.39. The van der Waals surface area contributed by atoms with Crippen LogP contribution in [0.4, 0.5) is 5.82 Å². The number of carbonyl (C=O) groups is 1. The van der Waals surface area contributed by atoms with E-state index in [9.17, 15) is 4.79 Å². The fraction of sp³-hybridized carbons (Fsp3) is 0.500. The van der Waals surface area contributed by atoms with Gasteiger partial charge in [0.25, 0.3) is 5.91 Å². The quantitative estimate of drug-likeness (QED) is 0.753. The minimum Gasteiger partial charge on any atom is -0.353 e. The molecule has 1 aliphatic heterocycles. The Balaban J connectivity index is 1.30. The number of amides is 1. The van der Waals surface area contributed by atoms with Crippen LogP contribution in [0.5, 0.6) is 0 Å². The molecule has 1 saturated heterocycles. The van der Waals surface area contributed by atoms with E-state index in [1.807, 2.05) is 30.0 Å². The molecular weight excluding hydrogens is 344 g/mol. The van der Waals surface area contributed by atoms with Crippen LogP contribution < -0.4 is 4.90 Å². The van der Waals surface area contributed by atoms with Crippen molar-refractivity contribution in [3.63, 3.8) is 0 Å². The zero-order valence-electron chi connectivity index (χ0n) is 15.3. The number of aromatic nitrogens is 6. The number of aryl methyl sites for hydroxylation is 1. The lowest BCUT2D eigenvalue weighted by Gasteiger charge is -2.22. The van der Waals surface area contributed by atoms with E-state index < -0.39 is 0 Å². The van der Waals surface area contributed by atoms with Crippen molar-refractivity contribution >= 4 is 17.4 Å². The van der Waals surface area contributed by atoms with Crippen molar-refractivity contribution in [2.75, 3.05) is 31.1 Å². The zero-order chi connectivity index (χ0) is 18.4. The number of hydrogen-bond acceptors (Lipinski definition) is 6. The Morgan fingerprint density at radius 1 is 1.15 bits per heavy atom. The molecule has 0 unspecified atom stereocenters. The standard InChI is InChI=1S/C18H22N8O/c1-12-19-22-16-5-6-17(23-26(12)16)24-7-2-8-25(10-9-24)18(27)15-11-14(20-21-15)13-3-4-13/h5-6,11,13H,2-4,7-10H2,1H3,(H,20,21). The van der Waals surface area contributed by atoms with Crippen molar-refractivity contribution < 1.29 is 4.79 Å². The van der Waals surface area contributed by atoms with E-state index in [2.05, 4.69) is 30.4 Å². The van der Waals surface area contributed by atoms with Gasteiger partial charge in [-0.15, -0.1) is 15.3 Å². The van der Waals surface area contributed by atoms with Gasteiger partial charge in [-0.25, -0.2) is 0 Å². The summed E-state index contributed by atoms with van der Waals surface area (Å²) in [4.78, 5) is 16.9. The molecule has 1 amide bonds. The molecule has 0 spiro atoms. The Hall–Kier alpha value is -2.97. The molecule has 0 radical (unpaired) electrons. The van der Waals surface area contributed by atoms with Crippen LogP contribution in [0.3, 0.4) is 0 Å². The molecular formula is C18H22N8O. The van der Waals surface area contributed by atoms with Gasteiger partial charge in [-0.05, 0) is 44.4 Å². The number of H-pyrrole nitrogens is 1. The molecule has 2 fully saturated rings. The third-order valence-corrected chi connectivity index (χ3v) is 5.35. The summed E-state index contributed by atoms with van der Waals surface area (Å²) in [7, 11) is 0. The SMILES string of the molecule is Cc1nnc2ccc(N3CCCN(C(=O)c4cc(C5CC5)[nH]n4)CC3)nn12. The number of anilines is 1. The second-order valence-electron chi connectivity index (χ2n) is 7.32. The first-order valence-corrected chi connectivity index (χ1v) is 9.47. The number of aromatic amines is 1. The monoisotopic (exact) mass is 366 g/mol. The number of nitrogens with one attached hydrogen (secondary N) is 1. The van der Waals surface area contributed by atoms with E-state index in [1.54, 1.807) is 4.52 Å². The van der Waals surface area contributed by atoms with Crippen molar-refractivity contribution in [1.29, 1.82) is 0 Å². The number of hydrogen-bond donors (Lipinski definition) is 1. The zero-order valence-corrected chi connectivity index (χ0v) is 15.3. The molecule has 0 aromatic carbocycles. The van der Waals surface area contributed by atoms with E-state index in [4.69, 9.17) is 0 Å². The van der Waals surface area contributed by atoms with Gasteiger partial charge in [0.15, 0.2) is 11.5 Å². The minimum atomic E-state index is 0.0121. The van der Waals surface area contributed by atoms with E-state index in [-0.39, 0.29) is 5.91 Å². The smallest absolute Gasteiger partial charge is 0.274 e. The van der Waals surface area contributed by atoms with Crippen LogP contribution in [-0.4, -0.2) is 67.0 Å². The summed E-state index contributed by atoms with van der Waals surface area (Å²) in [5, 5.41) is 20.1. The minimum absolute atomic E-state index is 0.0121. The first-order chi connectivity index (χ1) is 13.2. The second kappa shape index (κ2) is 6.33. The highest BCUT2D eigenvalue weighted by molar-refractivity contribution is 5.92. The number of carbonyl (C=O) groups excluding carboxylic acids is 1. The fourth-order valence-corrected chi connectivity index (χ4v) is 3.62. The average molecular weight is 366 g/mol. The summed E-state index contributed by atoms with van der Waals surface area (Å²) in [6, 6.07) is 5.82. The van der Waals surface area contributed by atoms with Crippen LogP contribution in [0.1, 0.15) is 47.2 Å². The summed E-state index contributed by atoms with van der Waals surface area (Å²) < 4.78 is 1.76. The molecule has 9 nitrogen and oxygen atoms in total. The lowest BCUT2D eigenvalue weighted by molar-refractivity contribution is 0.0761. The molecule has 0 bridgehead atoms. The molecule has 1 aliphatic carbocycles. The van der Waals surface area contributed by atoms with Crippen LogP contribution in [0.25, 0.3) is 5.65 Å². The molecule has 3 aromatic rings. The number of fused-ring (bicyclic) bond motifs is 1. The number of nitrogens with zero attached hydrogens (tertiary/aromatic N) is 7. The fourth-order valence-electron chi connectivity index (χ4n) is 3.62. The van der Waals surface area contributed by atoms with Gasteiger partial charge in [-0.1, -0.05) is 0 Å². The predicted molar refractivity (Wildman–Crippen MR) is 98.8 cm³/mol. The molecule has 2 aliphatic rings. The van der Waals surface area contributed by atoms with Crippen LogP contribution in [-0.2, 0) is 0 Å². The number of rotatable bonds is 3. The molecule has 5 rings (SSSR count). The van der Waals surface area contributed by atoms with Gasteiger partial charge in [-0.3, -0.25) is 9.89 Å². The Kier molecular flexibility index (Phi) is 3.80. The first kappa shape index (κ1) is 16.2. The maximum Gasteiger partial charge on any atom is 0.274 e. The van der Waals surface area contributed by atoms with Gasteiger partial charge in [0.1, 0.15) is 11.5 Å². The lowest BCUT2D eigenvalue weighted by Crippen LogP contribution is -2.35. The van der Waals surface area contributed by atoms with E-state index >= 15 is 0 Å². The highest BCUT2D eigenvalue weighted by atomic mass is 16.2. The van der Waals surface area contributed by atoms with Crippen LogP contribution in [0.15, 0.2) is 18.2 Å². The predicted octanol–water partition coefficient (Wildman–Crippen LogP) is 1.39.